The first-order chi connectivity index (χ1) is 10.1. The average Bonchev–Trinajstić information content (AvgIpc) is 2.96. The van der Waals surface area contributed by atoms with E-state index in [1.54, 1.807) is 0 Å². The number of hydrogen-bond acceptors (Lipinski definition) is 4. The minimum Gasteiger partial charge on any atom is -0.494 e. The van der Waals surface area contributed by atoms with Crippen LogP contribution in [0.25, 0.3) is 0 Å². The van der Waals surface area contributed by atoms with Crippen LogP contribution in [0, 0.1) is 0 Å². The molecule has 0 atom stereocenters. The molecule has 6 nitrogen and oxygen atoms in total. The van der Waals surface area contributed by atoms with Gasteiger partial charge in [0.15, 0.2) is 5.75 Å². The second-order valence-electron chi connectivity index (χ2n) is 4.26. The van der Waals surface area contributed by atoms with Crippen molar-refractivity contribution in [1.29, 1.82) is 0 Å². The van der Waals surface area contributed by atoms with E-state index >= 15 is 0 Å². The Morgan fingerprint density at radius 3 is 2.67 bits per heavy atom. The van der Waals surface area contributed by atoms with Gasteiger partial charge in [-0.1, -0.05) is 23.2 Å². The predicted molar refractivity (Wildman–Crippen MR) is 80.1 cm³/mol. The van der Waals surface area contributed by atoms with Crippen LogP contribution in [-0.2, 0) is 6.42 Å². The van der Waals surface area contributed by atoms with Gasteiger partial charge >= 0.3 is 0 Å². The number of aromatic nitrogens is 3. The topological polar surface area (TPSA) is 79.9 Å². The summed E-state index contributed by atoms with van der Waals surface area (Å²) in [6, 6.07) is 3.05. The highest BCUT2D eigenvalue weighted by Gasteiger charge is 2.13. The fourth-order valence-corrected chi connectivity index (χ4v) is 2.44. The third-order valence-electron chi connectivity index (χ3n) is 2.81. The molecule has 1 heterocycles. The van der Waals surface area contributed by atoms with Crippen molar-refractivity contribution in [2.45, 2.75) is 12.8 Å². The standard InChI is InChI=1S/C13H14Cl2N4O2/c1-21-12-9(14)5-8(6-10(12)15)13(20)16-4-2-3-11-17-7-18-19-11/h5-7H,2-4H2,1H3,(H,16,20)(H,17,18,19). The molecule has 1 amide bonds. The van der Waals surface area contributed by atoms with Crippen molar-refractivity contribution in [3.05, 3.63) is 39.9 Å². The van der Waals surface area contributed by atoms with Crippen molar-refractivity contribution >= 4 is 29.1 Å². The van der Waals surface area contributed by atoms with Crippen molar-refractivity contribution < 1.29 is 9.53 Å². The van der Waals surface area contributed by atoms with Gasteiger partial charge in [0.05, 0.1) is 17.2 Å². The van der Waals surface area contributed by atoms with Gasteiger partial charge in [-0.15, -0.1) is 0 Å². The lowest BCUT2D eigenvalue weighted by molar-refractivity contribution is 0.0953. The third-order valence-corrected chi connectivity index (χ3v) is 3.37. The molecule has 1 aromatic heterocycles. The van der Waals surface area contributed by atoms with Gasteiger partial charge in [0, 0.05) is 18.5 Å². The zero-order valence-electron chi connectivity index (χ0n) is 11.3. The molecular formula is C13H14Cl2N4O2. The summed E-state index contributed by atoms with van der Waals surface area (Å²) in [5, 5.41) is 9.92. The molecule has 2 aromatic rings. The Kier molecular flexibility index (Phi) is 5.41. The maximum atomic E-state index is 12.0. The van der Waals surface area contributed by atoms with E-state index in [0.717, 1.165) is 12.2 Å². The van der Waals surface area contributed by atoms with E-state index in [2.05, 4.69) is 20.5 Å². The summed E-state index contributed by atoms with van der Waals surface area (Å²) in [6.45, 7) is 0.515. The normalized spacial score (nSPS) is 10.4. The number of nitrogens with zero attached hydrogens (tertiary/aromatic N) is 2. The highest BCUT2D eigenvalue weighted by molar-refractivity contribution is 6.37. The Labute approximate surface area is 131 Å². The number of hydrogen-bond donors (Lipinski definition) is 2. The van der Waals surface area contributed by atoms with Crippen LogP contribution in [0.4, 0.5) is 0 Å². The summed E-state index contributed by atoms with van der Waals surface area (Å²) >= 11 is 12.0. The van der Waals surface area contributed by atoms with E-state index in [-0.39, 0.29) is 5.91 Å². The minimum absolute atomic E-state index is 0.237. The second kappa shape index (κ2) is 7.28. The van der Waals surface area contributed by atoms with E-state index in [1.165, 1.54) is 25.6 Å². The number of aromatic amines is 1. The molecule has 0 radical (unpaired) electrons. The van der Waals surface area contributed by atoms with E-state index < -0.39 is 0 Å². The Bertz CT molecular complexity index is 594. The lowest BCUT2D eigenvalue weighted by Crippen LogP contribution is -2.24. The quantitative estimate of drug-likeness (QED) is 0.798. The SMILES string of the molecule is COc1c(Cl)cc(C(=O)NCCCc2ncn[nH]2)cc1Cl. The number of benzene rings is 1. The van der Waals surface area contributed by atoms with Gasteiger partial charge in [-0.2, -0.15) is 5.10 Å². The maximum Gasteiger partial charge on any atom is 0.251 e. The molecule has 0 aliphatic carbocycles. The molecule has 21 heavy (non-hydrogen) atoms. The maximum absolute atomic E-state index is 12.0. The van der Waals surface area contributed by atoms with Gasteiger partial charge in [0.2, 0.25) is 0 Å². The van der Waals surface area contributed by atoms with Crippen LogP contribution in [0.1, 0.15) is 22.6 Å². The Morgan fingerprint density at radius 2 is 2.10 bits per heavy atom. The second-order valence-corrected chi connectivity index (χ2v) is 5.08. The summed E-state index contributed by atoms with van der Waals surface area (Å²) in [4.78, 5) is 16.0. The molecule has 0 aliphatic heterocycles. The number of aryl methyl sites for hydroxylation is 1. The van der Waals surface area contributed by atoms with E-state index in [1.807, 2.05) is 0 Å². The van der Waals surface area contributed by atoms with Gasteiger partial charge in [-0.3, -0.25) is 9.89 Å². The molecule has 1 aromatic carbocycles. The van der Waals surface area contributed by atoms with Crippen molar-refractivity contribution in [3.63, 3.8) is 0 Å². The van der Waals surface area contributed by atoms with Crippen LogP contribution < -0.4 is 10.1 Å². The molecule has 0 aliphatic rings. The largest absolute Gasteiger partial charge is 0.494 e. The molecule has 112 valence electrons. The molecule has 0 saturated carbocycles. The molecule has 8 heteroatoms. The van der Waals surface area contributed by atoms with E-state index in [9.17, 15) is 4.79 Å². The van der Waals surface area contributed by atoms with Crippen molar-refractivity contribution in [2.24, 2.45) is 0 Å². The number of carbonyl (C=O) groups is 1. The number of halogens is 2. The van der Waals surface area contributed by atoms with Gasteiger partial charge < -0.3 is 10.1 Å². The number of rotatable bonds is 6. The summed E-state index contributed by atoms with van der Waals surface area (Å²) in [7, 11) is 1.47. The molecule has 0 fully saturated rings. The fraction of sp³-hybridized carbons (Fsp3) is 0.308. The smallest absolute Gasteiger partial charge is 0.251 e. The predicted octanol–water partition coefficient (Wildman–Crippen LogP) is 2.48. The van der Waals surface area contributed by atoms with Gasteiger partial charge in [-0.05, 0) is 18.6 Å². The number of H-pyrrole nitrogens is 1. The lowest BCUT2D eigenvalue weighted by Gasteiger charge is -2.09. The van der Waals surface area contributed by atoms with Crippen molar-refractivity contribution in [1.82, 2.24) is 20.5 Å². The highest BCUT2D eigenvalue weighted by Crippen LogP contribution is 2.33. The average molecular weight is 329 g/mol. The number of carbonyl (C=O) groups excluding carboxylic acids is 1. The summed E-state index contributed by atoms with van der Waals surface area (Å²) in [6.07, 6.45) is 2.91. The summed E-state index contributed by atoms with van der Waals surface area (Å²) in [5.41, 5.74) is 0.394. The zero-order chi connectivity index (χ0) is 15.2. The van der Waals surface area contributed by atoms with Crippen LogP contribution in [0.3, 0.4) is 0 Å². The number of methoxy groups -OCH3 is 1. The fourth-order valence-electron chi connectivity index (χ4n) is 1.80. The van der Waals surface area contributed by atoms with Crippen LogP contribution in [0.15, 0.2) is 18.5 Å². The lowest BCUT2D eigenvalue weighted by atomic mass is 10.2. The van der Waals surface area contributed by atoms with Gasteiger partial charge in [-0.25, -0.2) is 4.98 Å². The first-order valence-electron chi connectivity index (χ1n) is 6.27. The molecule has 0 unspecified atom stereocenters. The number of nitrogens with one attached hydrogen (secondary N) is 2. The van der Waals surface area contributed by atoms with Gasteiger partial charge in [0.25, 0.3) is 5.91 Å². The van der Waals surface area contributed by atoms with Crippen LogP contribution in [0.5, 0.6) is 5.75 Å². The monoisotopic (exact) mass is 328 g/mol. The molecule has 2 rings (SSSR count). The van der Waals surface area contributed by atoms with E-state index in [4.69, 9.17) is 27.9 Å². The number of ether oxygens (including phenoxy) is 1. The zero-order valence-corrected chi connectivity index (χ0v) is 12.8. The molecule has 0 spiro atoms. The van der Waals surface area contributed by atoms with Gasteiger partial charge in [0.1, 0.15) is 12.2 Å². The van der Waals surface area contributed by atoms with Crippen LogP contribution in [0.2, 0.25) is 10.0 Å². The summed E-state index contributed by atoms with van der Waals surface area (Å²) < 4.78 is 5.04. The number of amides is 1. The minimum atomic E-state index is -0.237. The van der Waals surface area contributed by atoms with Crippen LogP contribution >= 0.6 is 23.2 Å². The Balaban J connectivity index is 1.88. The van der Waals surface area contributed by atoms with Crippen molar-refractivity contribution in [2.75, 3.05) is 13.7 Å². The molecule has 0 bridgehead atoms. The van der Waals surface area contributed by atoms with E-state index in [0.29, 0.717) is 34.3 Å². The van der Waals surface area contributed by atoms with Crippen LogP contribution in [-0.4, -0.2) is 34.7 Å². The third kappa shape index (κ3) is 4.09. The first-order valence-corrected chi connectivity index (χ1v) is 7.03. The Hall–Kier alpha value is -1.79. The molecular weight excluding hydrogens is 315 g/mol. The highest BCUT2D eigenvalue weighted by atomic mass is 35.5. The first kappa shape index (κ1) is 15.6. The van der Waals surface area contributed by atoms with Crippen molar-refractivity contribution in [3.8, 4) is 5.75 Å². The molecule has 0 saturated heterocycles. The molecule has 2 N–H and O–H groups in total. The summed E-state index contributed by atoms with van der Waals surface area (Å²) in [5.74, 6) is 0.916. The Morgan fingerprint density at radius 1 is 1.38 bits per heavy atom.